The number of aryl methyl sites for hydroxylation is 1. The second kappa shape index (κ2) is 6.64. The minimum Gasteiger partial charge on any atom is -0.490 e. The van der Waals surface area contributed by atoms with Crippen LogP contribution < -0.4 is 4.74 Å². The van der Waals surface area contributed by atoms with Gasteiger partial charge in [0.15, 0.2) is 0 Å². The van der Waals surface area contributed by atoms with Crippen molar-refractivity contribution >= 4 is 5.91 Å². The number of hydrogen-bond acceptors (Lipinski definition) is 3. The van der Waals surface area contributed by atoms with Gasteiger partial charge >= 0.3 is 0 Å². The quantitative estimate of drug-likeness (QED) is 0.944. The predicted octanol–water partition coefficient (Wildman–Crippen LogP) is 2.66. The molecule has 0 aromatic carbocycles. The topological polar surface area (TPSA) is 58.2 Å². The van der Waals surface area contributed by atoms with Crippen LogP contribution in [-0.2, 0) is 6.42 Å². The first kappa shape index (κ1) is 14.6. The molecular formula is C17H21N3O2. The van der Waals surface area contributed by atoms with Gasteiger partial charge < -0.3 is 14.6 Å². The first-order valence-electron chi connectivity index (χ1n) is 7.80. The predicted molar refractivity (Wildman–Crippen MR) is 84.0 cm³/mol. The molecule has 1 aliphatic rings. The van der Waals surface area contributed by atoms with Crippen molar-refractivity contribution in [2.75, 3.05) is 13.1 Å². The van der Waals surface area contributed by atoms with Crippen molar-refractivity contribution in [2.24, 2.45) is 0 Å². The van der Waals surface area contributed by atoms with Crippen molar-refractivity contribution in [1.29, 1.82) is 0 Å². The summed E-state index contributed by atoms with van der Waals surface area (Å²) < 4.78 is 5.92. The van der Waals surface area contributed by atoms with Crippen molar-refractivity contribution in [3.05, 3.63) is 48.0 Å². The van der Waals surface area contributed by atoms with Crippen LogP contribution in [0.1, 0.15) is 35.9 Å². The van der Waals surface area contributed by atoms with E-state index >= 15 is 0 Å². The lowest BCUT2D eigenvalue weighted by Gasteiger charge is -2.32. The van der Waals surface area contributed by atoms with E-state index in [1.54, 1.807) is 12.4 Å². The summed E-state index contributed by atoms with van der Waals surface area (Å²) in [6.07, 6.45) is 6.25. The van der Waals surface area contributed by atoms with Gasteiger partial charge in [-0.15, -0.1) is 0 Å². The van der Waals surface area contributed by atoms with Crippen LogP contribution >= 0.6 is 0 Å². The van der Waals surface area contributed by atoms with Crippen LogP contribution in [0.15, 0.2) is 36.7 Å². The number of carbonyl (C=O) groups excluding carboxylic acids is 1. The van der Waals surface area contributed by atoms with Gasteiger partial charge in [-0.05, 0) is 30.7 Å². The van der Waals surface area contributed by atoms with Crippen molar-refractivity contribution in [3.63, 3.8) is 0 Å². The van der Waals surface area contributed by atoms with Gasteiger partial charge in [0, 0.05) is 44.0 Å². The normalized spacial score (nSPS) is 15.8. The Kier molecular flexibility index (Phi) is 4.42. The lowest BCUT2D eigenvalue weighted by Crippen LogP contribution is -2.41. The molecule has 0 bridgehead atoms. The number of aromatic nitrogens is 2. The fraction of sp³-hybridized carbons (Fsp3) is 0.412. The maximum atomic E-state index is 12.4. The lowest BCUT2D eigenvalue weighted by molar-refractivity contribution is 0.0590. The minimum absolute atomic E-state index is 0.0852. The molecule has 0 unspecified atom stereocenters. The van der Waals surface area contributed by atoms with Gasteiger partial charge in [-0.1, -0.05) is 6.92 Å². The highest BCUT2D eigenvalue weighted by Gasteiger charge is 2.25. The van der Waals surface area contributed by atoms with E-state index in [0.29, 0.717) is 5.69 Å². The summed E-state index contributed by atoms with van der Waals surface area (Å²) in [5, 5.41) is 0. The van der Waals surface area contributed by atoms with Crippen LogP contribution in [0.25, 0.3) is 0 Å². The zero-order valence-electron chi connectivity index (χ0n) is 12.8. The summed E-state index contributed by atoms with van der Waals surface area (Å²) in [7, 11) is 0. The Labute approximate surface area is 130 Å². The molecule has 3 heterocycles. The maximum Gasteiger partial charge on any atom is 0.270 e. The first-order valence-corrected chi connectivity index (χ1v) is 7.80. The van der Waals surface area contributed by atoms with Crippen LogP contribution in [0.4, 0.5) is 0 Å². The fourth-order valence-electron chi connectivity index (χ4n) is 2.73. The number of ether oxygens (including phenoxy) is 1. The van der Waals surface area contributed by atoms with Crippen LogP contribution in [0.3, 0.4) is 0 Å². The van der Waals surface area contributed by atoms with Crippen LogP contribution in [-0.4, -0.2) is 40.0 Å². The Hall–Kier alpha value is -2.30. The van der Waals surface area contributed by atoms with Gasteiger partial charge in [-0.25, -0.2) is 0 Å². The SMILES string of the molecule is CCc1ccc(C(=O)N2CCC(Oc3ccncc3)CC2)[nH]1. The molecule has 0 aliphatic carbocycles. The van der Waals surface area contributed by atoms with E-state index in [1.807, 2.05) is 29.2 Å². The van der Waals surface area contributed by atoms with Crippen LogP contribution in [0.2, 0.25) is 0 Å². The second-order valence-electron chi connectivity index (χ2n) is 5.54. The highest BCUT2D eigenvalue weighted by atomic mass is 16.5. The number of carbonyl (C=O) groups is 1. The van der Waals surface area contributed by atoms with Crippen molar-refractivity contribution in [2.45, 2.75) is 32.3 Å². The number of H-pyrrole nitrogens is 1. The van der Waals surface area contributed by atoms with Crippen molar-refractivity contribution < 1.29 is 9.53 Å². The summed E-state index contributed by atoms with van der Waals surface area (Å²) in [6.45, 7) is 3.53. The number of hydrogen-bond donors (Lipinski definition) is 1. The minimum atomic E-state index is 0.0852. The van der Waals surface area contributed by atoms with Crippen LogP contribution in [0, 0.1) is 0 Å². The summed E-state index contributed by atoms with van der Waals surface area (Å²) in [5.41, 5.74) is 1.78. The molecule has 0 atom stereocenters. The number of likely N-dealkylation sites (tertiary alicyclic amines) is 1. The van der Waals surface area contributed by atoms with E-state index in [-0.39, 0.29) is 12.0 Å². The van der Waals surface area contributed by atoms with E-state index in [4.69, 9.17) is 4.74 Å². The van der Waals surface area contributed by atoms with E-state index in [1.165, 1.54) is 0 Å². The lowest BCUT2D eigenvalue weighted by atomic mass is 10.1. The third kappa shape index (κ3) is 3.30. The molecule has 1 aliphatic heterocycles. The molecular weight excluding hydrogens is 278 g/mol. The Morgan fingerprint density at radius 2 is 2.00 bits per heavy atom. The summed E-state index contributed by atoms with van der Waals surface area (Å²) in [5.74, 6) is 0.929. The van der Waals surface area contributed by atoms with Gasteiger partial charge in [0.2, 0.25) is 0 Å². The van der Waals surface area contributed by atoms with Crippen molar-refractivity contribution in [1.82, 2.24) is 14.9 Å². The monoisotopic (exact) mass is 299 g/mol. The highest BCUT2D eigenvalue weighted by Crippen LogP contribution is 2.19. The smallest absolute Gasteiger partial charge is 0.270 e. The number of aromatic amines is 1. The molecule has 116 valence electrons. The summed E-state index contributed by atoms with van der Waals surface area (Å²) in [4.78, 5) is 21.5. The Balaban J connectivity index is 1.54. The molecule has 1 fully saturated rings. The largest absolute Gasteiger partial charge is 0.490 e. The number of nitrogens with zero attached hydrogens (tertiary/aromatic N) is 2. The second-order valence-corrected chi connectivity index (χ2v) is 5.54. The van der Waals surface area contributed by atoms with Crippen LogP contribution in [0.5, 0.6) is 5.75 Å². The molecule has 5 nitrogen and oxygen atoms in total. The summed E-state index contributed by atoms with van der Waals surface area (Å²) >= 11 is 0. The van der Waals surface area contributed by atoms with Gasteiger partial charge in [0.1, 0.15) is 17.5 Å². The number of pyridine rings is 1. The van der Waals surface area contributed by atoms with E-state index in [2.05, 4.69) is 16.9 Å². The first-order chi connectivity index (χ1) is 10.8. The molecule has 2 aromatic rings. The number of piperidine rings is 1. The maximum absolute atomic E-state index is 12.4. The molecule has 0 radical (unpaired) electrons. The average molecular weight is 299 g/mol. The highest BCUT2D eigenvalue weighted by molar-refractivity contribution is 5.92. The van der Waals surface area contributed by atoms with E-state index in [9.17, 15) is 4.79 Å². The Morgan fingerprint density at radius 3 is 2.64 bits per heavy atom. The third-order valence-electron chi connectivity index (χ3n) is 4.04. The summed E-state index contributed by atoms with van der Waals surface area (Å²) in [6, 6.07) is 7.58. The Morgan fingerprint density at radius 1 is 1.27 bits per heavy atom. The molecule has 5 heteroatoms. The fourth-order valence-corrected chi connectivity index (χ4v) is 2.73. The van der Waals surface area contributed by atoms with Gasteiger partial charge in [-0.2, -0.15) is 0 Å². The van der Waals surface area contributed by atoms with Gasteiger partial charge in [-0.3, -0.25) is 9.78 Å². The molecule has 2 aromatic heterocycles. The standard InChI is InChI=1S/C17H21N3O2/c1-2-13-3-4-16(19-13)17(21)20-11-7-15(8-12-20)22-14-5-9-18-10-6-14/h3-6,9-10,15,19H,2,7-8,11-12H2,1H3. The number of rotatable bonds is 4. The van der Waals surface area contributed by atoms with Crippen molar-refractivity contribution in [3.8, 4) is 5.75 Å². The van der Waals surface area contributed by atoms with E-state index < -0.39 is 0 Å². The zero-order valence-corrected chi connectivity index (χ0v) is 12.8. The van der Waals surface area contributed by atoms with E-state index in [0.717, 1.165) is 43.8 Å². The Bertz CT molecular complexity index is 616. The molecule has 0 spiro atoms. The molecule has 0 saturated carbocycles. The average Bonchev–Trinajstić information content (AvgIpc) is 3.05. The van der Waals surface area contributed by atoms with Gasteiger partial charge in [0.05, 0.1) is 0 Å². The molecule has 1 amide bonds. The molecule has 3 rings (SSSR count). The number of amides is 1. The third-order valence-corrected chi connectivity index (χ3v) is 4.04. The molecule has 1 saturated heterocycles. The molecule has 22 heavy (non-hydrogen) atoms. The number of nitrogens with one attached hydrogen (secondary N) is 1. The van der Waals surface area contributed by atoms with Gasteiger partial charge in [0.25, 0.3) is 5.91 Å². The zero-order chi connectivity index (χ0) is 15.4. The molecule has 1 N–H and O–H groups in total.